The van der Waals surface area contributed by atoms with Crippen LogP contribution in [0.3, 0.4) is 0 Å². The molecule has 0 aliphatic heterocycles. The molecule has 60 heavy (non-hydrogen) atoms. The number of benzene rings is 6. The normalized spacial score (nSPS) is 18.3. The molecular formula is C60H68. The summed E-state index contributed by atoms with van der Waals surface area (Å²) in [6, 6.07) is 38.6. The van der Waals surface area contributed by atoms with E-state index in [1.54, 1.807) is 0 Å². The molecule has 0 radical (unpaired) electrons. The highest BCUT2D eigenvalue weighted by molar-refractivity contribution is 5.84. The molecule has 6 aromatic rings. The zero-order chi connectivity index (χ0) is 42.5. The Hall–Kier alpha value is -4.68. The van der Waals surface area contributed by atoms with Crippen LogP contribution in [0.15, 0.2) is 97.1 Å². The zero-order valence-corrected chi connectivity index (χ0v) is 38.9. The zero-order valence-electron chi connectivity index (χ0n) is 38.9. The summed E-state index contributed by atoms with van der Waals surface area (Å²) < 4.78 is 0. The Morgan fingerprint density at radius 2 is 0.467 bits per heavy atom. The first kappa shape index (κ1) is 40.7. The van der Waals surface area contributed by atoms with Crippen LogP contribution in [-0.4, -0.2) is 0 Å². The molecule has 4 aliphatic carbocycles. The molecule has 0 bridgehead atoms. The van der Waals surface area contributed by atoms with Crippen LogP contribution in [-0.2, 0) is 47.3 Å². The predicted molar refractivity (Wildman–Crippen MR) is 259 cm³/mol. The highest BCUT2D eigenvalue weighted by Crippen LogP contribution is 2.50. The quantitative estimate of drug-likeness (QED) is 0.144. The van der Waals surface area contributed by atoms with E-state index in [9.17, 15) is 0 Å². The molecule has 0 atom stereocenters. The number of rotatable bonds is 0. The molecule has 308 valence electrons. The van der Waals surface area contributed by atoms with Gasteiger partial charge >= 0.3 is 0 Å². The number of hydrogen-bond acceptors (Lipinski definition) is 0. The summed E-state index contributed by atoms with van der Waals surface area (Å²) in [6.45, 7) is 28.2. The van der Waals surface area contributed by atoms with Crippen molar-refractivity contribution >= 4 is 0 Å². The molecule has 0 amide bonds. The SMILES string of the molecule is Cc1ccc2c(c1)-c1cc3c(cc1CCC2(C)C)-c1cc(C)ccc1C(C)(C)CC3.Cc1ccc2c(c1)-c1cc3c(cc1CCC2(C)C)-c1cc(C)ccc1C(C)(C)CC3. The number of hydrogen-bond donors (Lipinski definition) is 0. The van der Waals surface area contributed by atoms with E-state index in [1.807, 2.05) is 0 Å². The fourth-order valence-corrected chi connectivity index (χ4v) is 11.4. The Balaban J connectivity index is 0.000000154. The molecule has 0 N–H and O–H groups in total. The van der Waals surface area contributed by atoms with Crippen LogP contribution in [0.25, 0.3) is 44.5 Å². The van der Waals surface area contributed by atoms with Crippen molar-refractivity contribution in [2.45, 2.75) is 156 Å². The molecule has 0 nitrogen and oxygen atoms in total. The number of fused-ring (bicyclic) bond motifs is 12. The van der Waals surface area contributed by atoms with Gasteiger partial charge in [-0.2, -0.15) is 0 Å². The third kappa shape index (κ3) is 7.11. The van der Waals surface area contributed by atoms with Crippen LogP contribution >= 0.6 is 0 Å². The summed E-state index contributed by atoms with van der Waals surface area (Å²) in [5.41, 5.74) is 30.2. The van der Waals surface area contributed by atoms with Crippen molar-refractivity contribution in [2.75, 3.05) is 0 Å². The first-order chi connectivity index (χ1) is 28.3. The maximum Gasteiger partial charge on any atom is -0.00942 e. The highest BCUT2D eigenvalue weighted by atomic mass is 14.4. The Morgan fingerprint density at radius 3 is 0.667 bits per heavy atom. The Morgan fingerprint density at radius 1 is 0.267 bits per heavy atom. The van der Waals surface area contributed by atoms with Gasteiger partial charge in [-0.05, 0) is 190 Å². The molecule has 6 aromatic carbocycles. The van der Waals surface area contributed by atoms with Gasteiger partial charge in [0, 0.05) is 0 Å². The third-order valence-electron chi connectivity index (χ3n) is 15.5. The van der Waals surface area contributed by atoms with Crippen LogP contribution in [0.4, 0.5) is 0 Å². The lowest BCUT2D eigenvalue weighted by Crippen LogP contribution is -2.17. The monoisotopic (exact) mass is 789 g/mol. The Bertz CT molecular complexity index is 2310. The van der Waals surface area contributed by atoms with E-state index in [0.717, 1.165) is 25.7 Å². The van der Waals surface area contributed by atoms with Crippen molar-refractivity contribution < 1.29 is 0 Å². The summed E-state index contributed by atoms with van der Waals surface area (Å²) in [4.78, 5) is 0. The molecule has 10 rings (SSSR count). The summed E-state index contributed by atoms with van der Waals surface area (Å²) in [5.74, 6) is 0. The minimum absolute atomic E-state index is 0.204. The van der Waals surface area contributed by atoms with Gasteiger partial charge in [0.05, 0.1) is 0 Å². The summed E-state index contributed by atoms with van der Waals surface area (Å²) in [7, 11) is 0. The van der Waals surface area contributed by atoms with Gasteiger partial charge in [-0.15, -0.1) is 0 Å². The maximum atomic E-state index is 2.55. The van der Waals surface area contributed by atoms with Crippen molar-refractivity contribution in [2.24, 2.45) is 0 Å². The average molecular weight is 789 g/mol. The van der Waals surface area contributed by atoms with Crippen molar-refractivity contribution in [3.63, 3.8) is 0 Å². The second-order valence-corrected chi connectivity index (χ2v) is 22.1. The summed E-state index contributed by atoms with van der Waals surface area (Å²) >= 11 is 0. The van der Waals surface area contributed by atoms with E-state index in [-0.39, 0.29) is 21.7 Å². The minimum Gasteiger partial charge on any atom is -0.0590 e. The summed E-state index contributed by atoms with van der Waals surface area (Å²) in [5, 5.41) is 0. The highest BCUT2D eigenvalue weighted by Gasteiger charge is 2.34. The van der Waals surface area contributed by atoms with Gasteiger partial charge < -0.3 is 0 Å². The minimum atomic E-state index is 0.204. The third-order valence-corrected chi connectivity index (χ3v) is 15.5. The van der Waals surface area contributed by atoms with Gasteiger partial charge in [-0.1, -0.05) is 175 Å². The standard InChI is InChI=1S/2C30H34/c2*1-19-7-9-27-25(15-19)23-17-22-12-14-30(5,6)28-10-8-20(2)16-26(28)24(22)18-21(23)11-13-29(27,3)4/h2*7-10,15-18H,11-14H2,1-6H3. The van der Waals surface area contributed by atoms with Crippen LogP contribution in [0.5, 0.6) is 0 Å². The second kappa shape index (κ2) is 14.5. The largest absolute Gasteiger partial charge is 0.0590 e. The van der Waals surface area contributed by atoms with Gasteiger partial charge in [0.25, 0.3) is 0 Å². The van der Waals surface area contributed by atoms with Gasteiger partial charge in [-0.25, -0.2) is 0 Å². The van der Waals surface area contributed by atoms with Crippen molar-refractivity contribution in [1.29, 1.82) is 0 Å². The van der Waals surface area contributed by atoms with Gasteiger partial charge in [0.15, 0.2) is 0 Å². The van der Waals surface area contributed by atoms with Gasteiger partial charge in [0.2, 0.25) is 0 Å². The van der Waals surface area contributed by atoms with Crippen molar-refractivity contribution in [3.05, 3.63) is 164 Å². The molecule has 0 unspecified atom stereocenters. The van der Waals surface area contributed by atoms with E-state index >= 15 is 0 Å². The molecule has 0 saturated carbocycles. The lowest BCUT2D eigenvalue weighted by molar-refractivity contribution is 0.485. The van der Waals surface area contributed by atoms with Crippen molar-refractivity contribution in [3.8, 4) is 44.5 Å². The Labute approximate surface area is 362 Å². The Kier molecular flexibility index (Phi) is 9.82. The van der Waals surface area contributed by atoms with Crippen LogP contribution < -0.4 is 0 Å². The lowest BCUT2D eigenvalue weighted by atomic mass is 9.78. The first-order valence-electron chi connectivity index (χ1n) is 23.1. The summed E-state index contributed by atoms with van der Waals surface area (Å²) in [6.07, 6.45) is 9.37. The average Bonchev–Trinajstić information content (AvgIpc) is 3.48. The maximum absolute atomic E-state index is 2.55. The first-order valence-corrected chi connectivity index (χ1v) is 23.1. The van der Waals surface area contributed by atoms with E-state index in [2.05, 4.69) is 180 Å². The second-order valence-electron chi connectivity index (χ2n) is 22.1. The smallest absolute Gasteiger partial charge is 0.00942 e. The van der Waals surface area contributed by atoms with E-state index < -0.39 is 0 Å². The van der Waals surface area contributed by atoms with Crippen LogP contribution in [0, 0.1) is 27.7 Å². The molecule has 4 aliphatic rings. The van der Waals surface area contributed by atoms with Crippen molar-refractivity contribution in [1.82, 2.24) is 0 Å². The fourth-order valence-electron chi connectivity index (χ4n) is 11.4. The van der Waals surface area contributed by atoms with E-state index in [0.29, 0.717) is 0 Å². The van der Waals surface area contributed by atoms with Crippen LogP contribution in [0.1, 0.15) is 148 Å². The van der Waals surface area contributed by atoms with Gasteiger partial charge in [-0.3, -0.25) is 0 Å². The molecule has 0 aromatic heterocycles. The molecule has 0 heterocycles. The van der Waals surface area contributed by atoms with Gasteiger partial charge in [0.1, 0.15) is 0 Å². The predicted octanol–water partition coefficient (Wildman–Crippen LogP) is 16.2. The molecule has 0 heteroatoms. The molecule has 0 fully saturated rings. The van der Waals surface area contributed by atoms with E-state index in [1.165, 1.54) is 137 Å². The topological polar surface area (TPSA) is 0 Å². The molecule has 0 spiro atoms. The number of aryl methyl sites for hydroxylation is 8. The van der Waals surface area contributed by atoms with Crippen LogP contribution in [0.2, 0.25) is 0 Å². The molecule has 0 saturated heterocycles. The fraction of sp³-hybridized carbons (Fsp3) is 0.400. The molecular weight excluding hydrogens is 721 g/mol. The van der Waals surface area contributed by atoms with E-state index in [4.69, 9.17) is 0 Å². The lowest BCUT2D eigenvalue weighted by Gasteiger charge is -2.26.